The van der Waals surface area contributed by atoms with E-state index >= 15 is 0 Å². The van der Waals surface area contributed by atoms with Gasteiger partial charge in [-0.25, -0.2) is 4.79 Å². The van der Waals surface area contributed by atoms with Crippen LogP contribution in [0.3, 0.4) is 0 Å². The maximum absolute atomic E-state index is 13.5. The molecular formula is C31H44N4O7. The lowest BCUT2D eigenvalue weighted by molar-refractivity contribution is -0.120. The number of aliphatic hydroxyl groups excluding tert-OH is 1. The number of ketones is 2. The van der Waals surface area contributed by atoms with E-state index in [0.29, 0.717) is 49.8 Å². The van der Waals surface area contributed by atoms with E-state index in [1.165, 1.54) is 19.3 Å². The lowest BCUT2D eigenvalue weighted by Crippen LogP contribution is -2.37. The summed E-state index contributed by atoms with van der Waals surface area (Å²) in [5, 5.41) is 16.4. The molecular weight excluding hydrogens is 540 g/mol. The molecule has 1 saturated heterocycles. The molecule has 3 atom stereocenters. The molecule has 42 heavy (non-hydrogen) atoms. The number of fused-ring (bicyclic) bond motifs is 2. The molecule has 2 unspecified atom stereocenters. The second-order valence-corrected chi connectivity index (χ2v) is 10.9. The number of ether oxygens (including phenoxy) is 2. The van der Waals surface area contributed by atoms with Crippen LogP contribution in [-0.2, 0) is 23.9 Å². The maximum atomic E-state index is 13.5. The first-order valence-electron chi connectivity index (χ1n) is 14.6. The maximum Gasteiger partial charge on any atom is 0.405 e. The first-order valence-corrected chi connectivity index (χ1v) is 14.6. The number of hydrogen-bond acceptors (Lipinski definition) is 9. The van der Waals surface area contributed by atoms with Crippen LogP contribution in [0.5, 0.6) is 0 Å². The predicted molar refractivity (Wildman–Crippen MR) is 158 cm³/mol. The zero-order valence-corrected chi connectivity index (χ0v) is 24.8. The molecule has 5 N–H and O–H groups in total. The Bertz CT molecular complexity index is 1180. The Labute approximate surface area is 247 Å². The number of amides is 2. The van der Waals surface area contributed by atoms with Crippen molar-refractivity contribution in [3.63, 3.8) is 0 Å². The highest BCUT2D eigenvalue weighted by Gasteiger charge is 2.30. The number of hydrogen-bond donors (Lipinski definition) is 4. The highest BCUT2D eigenvalue weighted by Crippen LogP contribution is 2.24. The Kier molecular flexibility index (Phi) is 12.7. The SMILES string of the molecule is CO[C@H]1/C=C\C=C(/C)C(=O)NC2=CC(=O)C(NCCN3CCCC3)=C(CCCCC(O)C/C=C(\C)C1OC(N)=O)C2=O. The second kappa shape index (κ2) is 16.2. The number of aliphatic hydroxyl groups is 1. The number of nitrogens with zero attached hydrogens (tertiary/aromatic N) is 1. The number of primary amides is 1. The van der Waals surface area contributed by atoms with Crippen molar-refractivity contribution in [2.24, 2.45) is 5.73 Å². The predicted octanol–water partition coefficient (Wildman–Crippen LogP) is 2.33. The van der Waals surface area contributed by atoms with Crippen LogP contribution in [0, 0.1) is 0 Å². The number of nitrogens with one attached hydrogen (secondary N) is 2. The molecule has 1 aliphatic carbocycles. The lowest BCUT2D eigenvalue weighted by Gasteiger charge is -2.24. The zero-order valence-electron chi connectivity index (χ0n) is 24.8. The molecule has 2 heterocycles. The summed E-state index contributed by atoms with van der Waals surface area (Å²) >= 11 is 0. The summed E-state index contributed by atoms with van der Waals surface area (Å²) < 4.78 is 10.8. The van der Waals surface area contributed by atoms with Crippen molar-refractivity contribution in [1.82, 2.24) is 15.5 Å². The van der Waals surface area contributed by atoms with Crippen LogP contribution >= 0.6 is 0 Å². The summed E-state index contributed by atoms with van der Waals surface area (Å²) in [6.07, 6.45) is 9.10. The molecule has 1 fully saturated rings. The minimum atomic E-state index is -0.967. The molecule has 2 bridgehead atoms. The van der Waals surface area contributed by atoms with Gasteiger partial charge in [-0.1, -0.05) is 30.7 Å². The van der Waals surface area contributed by atoms with E-state index in [-0.39, 0.29) is 22.8 Å². The van der Waals surface area contributed by atoms with E-state index in [9.17, 15) is 24.3 Å². The third kappa shape index (κ3) is 9.50. The van der Waals surface area contributed by atoms with Crippen LogP contribution in [0.15, 0.2) is 58.5 Å². The number of nitrogens with two attached hydrogens (primary N) is 1. The molecule has 0 aromatic carbocycles. The average molecular weight is 585 g/mol. The highest BCUT2D eigenvalue weighted by molar-refractivity contribution is 6.23. The Balaban J connectivity index is 1.86. The number of carbonyl (C=O) groups excluding carboxylic acids is 4. The van der Waals surface area contributed by atoms with Crippen LogP contribution in [0.1, 0.15) is 58.8 Å². The zero-order chi connectivity index (χ0) is 30.6. The van der Waals surface area contributed by atoms with Crippen molar-refractivity contribution in [2.45, 2.75) is 77.1 Å². The number of carbonyl (C=O) groups is 4. The van der Waals surface area contributed by atoms with Crippen LogP contribution in [0.25, 0.3) is 0 Å². The molecule has 230 valence electrons. The van der Waals surface area contributed by atoms with Crippen molar-refractivity contribution in [3.8, 4) is 0 Å². The summed E-state index contributed by atoms with van der Waals surface area (Å²) in [6, 6.07) is 0. The van der Waals surface area contributed by atoms with E-state index in [2.05, 4.69) is 15.5 Å². The fourth-order valence-electron chi connectivity index (χ4n) is 5.26. The van der Waals surface area contributed by atoms with Gasteiger partial charge in [0.05, 0.1) is 17.5 Å². The molecule has 0 aromatic rings. The summed E-state index contributed by atoms with van der Waals surface area (Å²) in [6.45, 7) is 6.71. The largest absolute Gasteiger partial charge is 0.439 e. The number of methoxy groups -OCH3 is 1. The van der Waals surface area contributed by atoms with Crippen molar-refractivity contribution in [1.29, 1.82) is 0 Å². The minimum absolute atomic E-state index is 0.0655. The van der Waals surface area contributed by atoms with Gasteiger partial charge in [-0.05, 0) is 71.0 Å². The third-order valence-corrected chi connectivity index (χ3v) is 7.71. The van der Waals surface area contributed by atoms with E-state index < -0.39 is 36.1 Å². The van der Waals surface area contributed by atoms with E-state index in [4.69, 9.17) is 15.2 Å². The van der Waals surface area contributed by atoms with Gasteiger partial charge in [0.25, 0.3) is 5.91 Å². The molecule has 11 heteroatoms. The molecule has 0 radical (unpaired) electrons. The average Bonchev–Trinajstić information content (AvgIpc) is 3.47. The Hall–Kier alpha value is -3.54. The molecule has 0 saturated carbocycles. The van der Waals surface area contributed by atoms with Gasteiger partial charge in [0.15, 0.2) is 6.10 Å². The fourth-order valence-corrected chi connectivity index (χ4v) is 5.26. The molecule has 11 nitrogen and oxygen atoms in total. The lowest BCUT2D eigenvalue weighted by atomic mass is 9.92. The second-order valence-electron chi connectivity index (χ2n) is 10.9. The number of allylic oxidation sites excluding steroid dienone is 4. The highest BCUT2D eigenvalue weighted by atomic mass is 16.6. The molecule has 3 rings (SSSR count). The monoisotopic (exact) mass is 584 g/mol. The van der Waals surface area contributed by atoms with Gasteiger partial charge >= 0.3 is 6.09 Å². The minimum Gasteiger partial charge on any atom is -0.439 e. The van der Waals surface area contributed by atoms with Gasteiger partial charge in [0.1, 0.15) is 6.10 Å². The summed E-state index contributed by atoms with van der Waals surface area (Å²) in [4.78, 5) is 53.5. The molecule has 0 aromatic heterocycles. The summed E-state index contributed by atoms with van der Waals surface area (Å²) in [5.41, 5.74) is 6.79. The van der Waals surface area contributed by atoms with Crippen LogP contribution in [-0.4, -0.2) is 85.2 Å². The third-order valence-electron chi connectivity index (χ3n) is 7.71. The van der Waals surface area contributed by atoms with Gasteiger partial charge < -0.3 is 35.8 Å². The molecule has 0 spiro atoms. The Morgan fingerprint density at radius 3 is 2.60 bits per heavy atom. The van der Waals surface area contributed by atoms with Crippen molar-refractivity contribution in [2.75, 3.05) is 33.3 Å². The van der Waals surface area contributed by atoms with Gasteiger partial charge in [-0.2, -0.15) is 0 Å². The Morgan fingerprint density at radius 1 is 1.17 bits per heavy atom. The van der Waals surface area contributed by atoms with Gasteiger partial charge in [0, 0.05) is 37.4 Å². The normalized spacial score (nSPS) is 28.7. The molecule has 2 amide bonds. The van der Waals surface area contributed by atoms with Crippen molar-refractivity contribution >= 4 is 23.6 Å². The first-order chi connectivity index (χ1) is 20.1. The Morgan fingerprint density at radius 2 is 1.90 bits per heavy atom. The first kappa shape index (κ1) is 33.0. The van der Waals surface area contributed by atoms with Crippen molar-refractivity contribution in [3.05, 3.63) is 58.5 Å². The number of likely N-dealkylation sites (tertiary alicyclic amines) is 1. The summed E-state index contributed by atoms with van der Waals surface area (Å²) in [7, 11) is 1.45. The standard InChI is InChI=1S/C31H44N4O7/c1-20-13-14-22(36)10-4-5-11-23-27(33-15-18-35-16-6-7-17-35)25(37)19-24(28(23)38)34-30(39)21(2)9-8-12-26(41-3)29(20)42-31(32)40/h8-9,12-13,19,22,26,29,33,36H,4-7,10-11,14-18H2,1-3H3,(H2,32,40)(H,34,39)/b12-8-,20-13+,21-9+/t22?,26-,29?/m0/s1. The van der Waals surface area contributed by atoms with Gasteiger partial charge in [-0.15, -0.1) is 0 Å². The number of rotatable bonds is 6. The van der Waals surface area contributed by atoms with Crippen LogP contribution in [0.2, 0.25) is 0 Å². The van der Waals surface area contributed by atoms with Crippen LogP contribution < -0.4 is 16.4 Å². The quantitative estimate of drug-likeness (QED) is 0.271. The smallest absolute Gasteiger partial charge is 0.405 e. The van der Waals surface area contributed by atoms with Gasteiger partial charge in [-0.3, -0.25) is 14.4 Å². The molecule has 2 aliphatic heterocycles. The fraction of sp³-hybridized carbons (Fsp3) is 0.548. The number of Topliss-reactive ketones (excluding diaryl/α,β-unsaturated/α-hetero) is 1. The van der Waals surface area contributed by atoms with Crippen LogP contribution in [0.4, 0.5) is 4.79 Å². The van der Waals surface area contributed by atoms with E-state index in [1.807, 2.05) is 0 Å². The van der Waals surface area contributed by atoms with E-state index in [0.717, 1.165) is 32.5 Å². The van der Waals surface area contributed by atoms with Crippen molar-refractivity contribution < 1.29 is 33.8 Å². The van der Waals surface area contributed by atoms with Gasteiger partial charge in [0.2, 0.25) is 11.6 Å². The molecule has 3 aliphatic rings. The summed E-state index contributed by atoms with van der Waals surface area (Å²) in [5.74, 6) is -1.27. The van der Waals surface area contributed by atoms with E-state index in [1.54, 1.807) is 32.1 Å². The topological polar surface area (TPSA) is 160 Å².